The van der Waals surface area contributed by atoms with Gasteiger partial charge in [-0.2, -0.15) is 8.78 Å². The van der Waals surface area contributed by atoms with Gasteiger partial charge in [-0.05, 0) is 29.3 Å². The molecule has 2 aromatic heterocycles. The van der Waals surface area contributed by atoms with Crippen LogP contribution in [0.5, 0.6) is 5.88 Å². The lowest BCUT2D eigenvalue weighted by molar-refractivity contribution is -0.0524. The first kappa shape index (κ1) is 15.8. The largest absolute Gasteiger partial charge is 0.416 e. The summed E-state index contributed by atoms with van der Waals surface area (Å²) >= 11 is 7.49. The topological polar surface area (TPSA) is 35.0 Å². The van der Waals surface area contributed by atoms with Crippen molar-refractivity contribution in [3.8, 4) is 17.0 Å². The molecule has 0 N–H and O–H groups in total. The second-order valence-electron chi connectivity index (χ2n) is 4.74. The molecule has 1 aromatic carbocycles. The Morgan fingerprint density at radius 1 is 1.22 bits per heavy atom. The number of rotatable bonds is 5. The maximum atomic E-state index is 12.6. The number of ether oxygens (including phenoxy) is 1. The van der Waals surface area contributed by atoms with E-state index in [9.17, 15) is 8.78 Å². The molecule has 0 radical (unpaired) electrons. The minimum Gasteiger partial charge on any atom is -0.416 e. The highest BCUT2D eigenvalue weighted by atomic mass is 35.5. The molecule has 0 aliphatic heterocycles. The summed E-state index contributed by atoms with van der Waals surface area (Å²) in [6.07, 6.45) is 2.09. The van der Waals surface area contributed by atoms with Crippen molar-refractivity contribution in [2.75, 3.05) is 0 Å². The van der Waals surface area contributed by atoms with Crippen LogP contribution in [-0.2, 0) is 6.42 Å². The van der Waals surface area contributed by atoms with Crippen LogP contribution >= 0.6 is 22.9 Å². The van der Waals surface area contributed by atoms with E-state index >= 15 is 0 Å². The van der Waals surface area contributed by atoms with Gasteiger partial charge in [0.1, 0.15) is 0 Å². The van der Waals surface area contributed by atoms with Crippen LogP contribution in [0.4, 0.5) is 8.78 Å². The third-order valence-corrected chi connectivity index (χ3v) is 3.98. The van der Waals surface area contributed by atoms with Crippen LogP contribution in [0.25, 0.3) is 11.1 Å². The fraction of sp³-hybridized carbons (Fsp3) is 0.125. The van der Waals surface area contributed by atoms with Crippen LogP contribution in [0.1, 0.15) is 11.3 Å². The molecule has 0 saturated heterocycles. The van der Waals surface area contributed by atoms with Gasteiger partial charge in [0.05, 0.1) is 11.2 Å². The Hall–Kier alpha value is -2.05. The Kier molecular flexibility index (Phi) is 4.83. The summed E-state index contributed by atoms with van der Waals surface area (Å²) in [6, 6.07) is 8.69. The van der Waals surface area contributed by atoms with E-state index in [-0.39, 0.29) is 5.88 Å². The Labute approximate surface area is 140 Å². The lowest BCUT2D eigenvalue weighted by atomic mass is 10.0. The van der Waals surface area contributed by atoms with Crippen molar-refractivity contribution in [1.29, 1.82) is 0 Å². The van der Waals surface area contributed by atoms with Gasteiger partial charge in [0.25, 0.3) is 0 Å². The van der Waals surface area contributed by atoms with Crippen molar-refractivity contribution >= 4 is 22.9 Å². The first-order chi connectivity index (χ1) is 11.1. The molecule has 0 bridgehead atoms. The Morgan fingerprint density at radius 2 is 2.09 bits per heavy atom. The summed E-state index contributed by atoms with van der Waals surface area (Å²) in [4.78, 5) is 8.25. The number of nitrogens with zero attached hydrogens (tertiary/aromatic N) is 2. The second kappa shape index (κ2) is 7.02. The number of pyridine rings is 1. The average Bonchev–Trinajstić information content (AvgIpc) is 3.01. The van der Waals surface area contributed by atoms with Gasteiger partial charge >= 0.3 is 6.61 Å². The molecule has 0 aliphatic rings. The number of alkyl halides is 2. The zero-order valence-electron chi connectivity index (χ0n) is 11.7. The molecule has 0 fully saturated rings. The third kappa shape index (κ3) is 4.03. The fourth-order valence-electron chi connectivity index (χ4n) is 2.17. The molecular formula is C16H11ClF2N2OS. The van der Waals surface area contributed by atoms with Crippen LogP contribution in [0.2, 0.25) is 5.02 Å². The minimum atomic E-state index is -2.94. The Bertz CT molecular complexity index is 797. The van der Waals surface area contributed by atoms with Gasteiger partial charge in [0.2, 0.25) is 5.88 Å². The lowest BCUT2D eigenvalue weighted by Crippen LogP contribution is -2.05. The molecule has 0 saturated carbocycles. The van der Waals surface area contributed by atoms with E-state index in [4.69, 9.17) is 11.6 Å². The first-order valence-electron chi connectivity index (χ1n) is 6.68. The van der Waals surface area contributed by atoms with E-state index in [1.54, 1.807) is 35.8 Å². The van der Waals surface area contributed by atoms with Gasteiger partial charge in [-0.25, -0.2) is 9.97 Å². The van der Waals surface area contributed by atoms with Crippen LogP contribution in [0, 0.1) is 0 Å². The maximum Gasteiger partial charge on any atom is 0.388 e. The number of thiazole rings is 1. The monoisotopic (exact) mass is 352 g/mol. The van der Waals surface area contributed by atoms with Gasteiger partial charge in [0.15, 0.2) is 0 Å². The SMILES string of the molecule is FC(F)Oc1ncc(Cc2cscn2)cc1-c1cccc(Cl)c1. The minimum absolute atomic E-state index is 0.121. The highest BCUT2D eigenvalue weighted by Crippen LogP contribution is 2.32. The normalized spacial score (nSPS) is 11.0. The van der Waals surface area contributed by atoms with Crippen LogP contribution in [0.3, 0.4) is 0 Å². The van der Waals surface area contributed by atoms with Crippen molar-refractivity contribution in [3.05, 3.63) is 63.7 Å². The quantitative estimate of drug-likeness (QED) is 0.644. The van der Waals surface area contributed by atoms with E-state index in [2.05, 4.69) is 14.7 Å². The van der Waals surface area contributed by atoms with Crippen LogP contribution in [-0.4, -0.2) is 16.6 Å². The molecule has 3 rings (SSSR count). The van der Waals surface area contributed by atoms with Crippen molar-refractivity contribution in [1.82, 2.24) is 9.97 Å². The van der Waals surface area contributed by atoms with E-state index in [1.165, 1.54) is 17.5 Å². The van der Waals surface area contributed by atoms with E-state index in [0.717, 1.165) is 11.3 Å². The van der Waals surface area contributed by atoms with Crippen molar-refractivity contribution in [2.24, 2.45) is 0 Å². The number of halogens is 3. The molecule has 3 aromatic rings. The number of hydrogen-bond donors (Lipinski definition) is 0. The predicted molar refractivity (Wildman–Crippen MR) is 86.2 cm³/mol. The molecule has 3 nitrogen and oxygen atoms in total. The lowest BCUT2D eigenvalue weighted by Gasteiger charge is -2.11. The van der Waals surface area contributed by atoms with Gasteiger partial charge in [-0.3, -0.25) is 0 Å². The summed E-state index contributed by atoms with van der Waals surface area (Å²) < 4.78 is 29.7. The van der Waals surface area contributed by atoms with E-state index in [0.29, 0.717) is 22.6 Å². The van der Waals surface area contributed by atoms with E-state index in [1.807, 2.05) is 5.38 Å². The van der Waals surface area contributed by atoms with Crippen LogP contribution in [0.15, 0.2) is 47.4 Å². The van der Waals surface area contributed by atoms with Crippen LogP contribution < -0.4 is 4.74 Å². The van der Waals surface area contributed by atoms with Gasteiger partial charge in [0, 0.05) is 28.6 Å². The van der Waals surface area contributed by atoms with E-state index < -0.39 is 6.61 Å². The van der Waals surface area contributed by atoms with Crippen molar-refractivity contribution in [3.63, 3.8) is 0 Å². The highest BCUT2D eigenvalue weighted by Gasteiger charge is 2.14. The van der Waals surface area contributed by atoms with Gasteiger partial charge in [-0.15, -0.1) is 11.3 Å². The van der Waals surface area contributed by atoms with Gasteiger partial charge < -0.3 is 4.74 Å². The summed E-state index contributed by atoms with van der Waals surface area (Å²) in [6.45, 7) is -2.94. The summed E-state index contributed by atoms with van der Waals surface area (Å²) in [7, 11) is 0. The molecule has 2 heterocycles. The molecular weight excluding hydrogens is 342 g/mol. The molecule has 0 spiro atoms. The van der Waals surface area contributed by atoms with Gasteiger partial charge in [-0.1, -0.05) is 23.7 Å². The molecule has 118 valence electrons. The number of benzene rings is 1. The maximum absolute atomic E-state index is 12.6. The number of hydrogen-bond acceptors (Lipinski definition) is 4. The smallest absolute Gasteiger partial charge is 0.388 e. The molecule has 0 amide bonds. The second-order valence-corrected chi connectivity index (χ2v) is 5.90. The molecule has 23 heavy (non-hydrogen) atoms. The highest BCUT2D eigenvalue weighted by molar-refractivity contribution is 7.07. The Morgan fingerprint density at radius 3 is 2.78 bits per heavy atom. The van der Waals surface area contributed by atoms with Crippen molar-refractivity contribution < 1.29 is 13.5 Å². The molecule has 0 atom stereocenters. The zero-order valence-corrected chi connectivity index (χ0v) is 13.3. The van der Waals surface area contributed by atoms with Crippen molar-refractivity contribution in [2.45, 2.75) is 13.0 Å². The first-order valence-corrected chi connectivity index (χ1v) is 8.00. The Balaban J connectivity index is 2.01. The number of aromatic nitrogens is 2. The third-order valence-electron chi connectivity index (χ3n) is 3.11. The standard InChI is InChI=1S/C16H11ClF2N2OS/c17-12-3-1-2-11(6-12)14-5-10(4-13-8-23-9-21-13)7-20-15(14)22-16(18)19/h1-3,5-9,16H,4H2. The molecule has 7 heteroatoms. The molecule has 0 aliphatic carbocycles. The summed E-state index contributed by atoms with van der Waals surface area (Å²) in [5.41, 5.74) is 4.64. The summed E-state index contributed by atoms with van der Waals surface area (Å²) in [5, 5.41) is 2.44. The fourth-order valence-corrected chi connectivity index (χ4v) is 2.92. The molecule has 0 unspecified atom stereocenters. The average molecular weight is 353 g/mol. The summed E-state index contributed by atoms with van der Waals surface area (Å²) in [5.74, 6) is -0.121. The predicted octanol–water partition coefficient (Wildman–Crippen LogP) is 5.05. The zero-order chi connectivity index (χ0) is 16.2.